The largest absolute Gasteiger partial charge is 0.492 e. The standard InChI is InChI=1S/C21H26N2O4/c1-3-23(4-2)13-14-27-18-11-9-16(10-12-18)21(26)22-19-8-6-5-7-17(19)15-20(24)25/h5-12H,3-4,13-15H2,1-2H3,(H,22,26)(H,24,25). The number of rotatable bonds is 10. The zero-order valence-electron chi connectivity index (χ0n) is 15.8. The van der Waals surface area contributed by atoms with Crippen LogP contribution < -0.4 is 10.1 Å². The lowest BCUT2D eigenvalue weighted by molar-refractivity contribution is -0.136. The first-order valence-corrected chi connectivity index (χ1v) is 9.09. The zero-order valence-corrected chi connectivity index (χ0v) is 15.8. The number of carboxylic acid groups (broad SMARTS) is 1. The van der Waals surface area contributed by atoms with E-state index in [-0.39, 0.29) is 12.3 Å². The van der Waals surface area contributed by atoms with Crippen LogP contribution in [0.15, 0.2) is 48.5 Å². The second-order valence-electron chi connectivity index (χ2n) is 6.08. The number of nitrogens with one attached hydrogen (secondary N) is 1. The third kappa shape index (κ3) is 6.42. The average molecular weight is 370 g/mol. The molecule has 0 atom stereocenters. The molecule has 0 spiro atoms. The van der Waals surface area contributed by atoms with Crippen molar-refractivity contribution in [3.8, 4) is 5.75 Å². The fourth-order valence-electron chi connectivity index (χ4n) is 2.69. The lowest BCUT2D eigenvalue weighted by Gasteiger charge is -2.18. The number of carbonyl (C=O) groups is 2. The Labute approximate surface area is 159 Å². The highest BCUT2D eigenvalue weighted by Gasteiger charge is 2.11. The molecular weight excluding hydrogens is 344 g/mol. The third-order valence-corrected chi connectivity index (χ3v) is 4.29. The van der Waals surface area contributed by atoms with Gasteiger partial charge in [-0.2, -0.15) is 0 Å². The normalized spacial score (nSPS) is 10.6. The van der Waals surface area contributed by atoms with Crippen LogP contribution in [0.1, 0.15) is 29.8 Å². The SMILES string of the molecule is CCN(CC)CCOc1ccc(C(=O)Nc2ccccc2CC(=O)O)cc1. The molecule has 0 aliphatic heterocycles. The number of carboxylic acids is 1. The van der Waals surface area contributed by atoms with Crippen molar-refractivity contribution in [1.82, 2.24) is 4.90 Å². The summed E-state index contributed by atoms with van der Waals surface area (Å²) in [7, 11) is 0. The van der Waals surface area contributed by atoms with Crippen LogP contribution in [-0.2, 0) is 11.2 Å². The van der Waals surface area contributed by atoms with Crippen LogP contribution in [0, 0.1) is 0 Å². The Morgan fingerprint density at radius 1 is 1.04 bits per heavy atom. The predicted octanol–water partition coefficient (Wildman–Crippen LogP) is 3.29. The molecule has 6 nitrogen and oxygen atoms in total. The molecule has 144 valence electrons. The lowest BCUT2D eigenvalue weighted by Crippen LogP contribution is -2.27. The molecule has 2 rings (SSSR count). The third-order valence-electron chi connectivity index (χ3n) is 4.29. The average Bonchev–Trinajstić information content (AvgIpc) is 2.67. The van der Waals surface area contributed by atoms with E-state index >= 15 is 0 Å². The molecular formula is C21H26N2O4. The van der Waals surface area contributed by atoms with E-state index in [4.69, 9.17) is 9.84 Å². The number of para-hydroxylation sites is 1. The van der Waals surface area contributed by atoms with E-state index in [9.17, 15) is 9.59 Å². The fraction of sp³-hybridized carbons (Fsp3) is 0.333. The minimum Gasteiger partial charge on any atom is -0.492 e. The van der Waals surface area contributed by atoms with Gasteiger partial charge in [0.05, 0.1) is 6.42 Å². The highest BCUT2D eigenvalue weighted by molar-refractivity contribution is 6.04. The molecule has 0 aliphatic rings. The maximum atomic E-state index is 12.4. The summed E-state index contributed by atoms with van der Waals surface area (Å²) in [4.78, 5) is 25.7. The zero-order chi connectivity index (χ0) is 19.6. The first kappa shape index (κ1) is 20.5. The summed E-state index contributed by atoms with van der Waals surface area (Å²) in [5, 5.41) is 11.8. The molecule has 1 amide bonds. The molecule has 0 fully saturated rings. The van der Waals surface area contributed by atoms with E-state index in [1.54, 1.807) is 48.5 Å². The number of ether oxygens (including phenoxy) is 1. The van der Waals surface area contributed by atoms with E-state index in [1.807, 2.05) is 0 Å². The van der Waals surface area contributed by atoms with Gasteiger partial charge < -0.3 is 20.1 Å². The minimum atomic E-state index is -0.942. The summed E-state index contributed by atoms with van der Waals surface area (Å²) < 4.78 is 5.72. The quantitative estimate of drug-likeness (QED) is 0.671. The Morgan fingerprint density at radius 2 is 1.70 bits per heavy atom. The van der Waals surface area contributed by atoms with E-state index in [0.717, 1.165) is 19.6 Å². The predicted molar refractivity (Wildman–Crippen MR) is 105 cm³/mol. The highest BCUT2D eigenvalue weighted by Crippen LogP contribution is 2.18. The summed E-state index contributed by atoms with van der Waals surface area (Å²) in [6.45, 7) is 7.66. The van der Waals surface area contributed by atoms with Crippen LogP contribution in [0.25, 0.3) is 0 Å². The minimum absolute atomic E-state index is 0.143. The Morgan fingerprint density at radius 3 is 2.33 bits per heavy atom. The van der Waals surface area contributed by atoms with Gasteiger partial charge in [0.1, 0.15) is 12.4 Å². The summed E-state index contributed by atoms with van der Waals surface area (Å²) in [5.41, 5.74) is 1.55. The monoisotopic (exact) mass is 370 g/mol. The van der Waals surface area contributed by atoms with Crippen molar-refractivity contribution >= 4 is 17.6 Å². The Hall–Kier alpha value is -2.86. The van der Waals surface area contributed by atoms with Crippen LogP contribution in [0.2, 0.25) is 0 Å². The van der Waals surface area contributed by atoms with Gasteiger partial charge in [0.2, 0.25) is 0 Å². The van der Waals surface area contributed by atoms with Crippen LogP contribution in [0.4, 0.5) is 5.69 Å². The van der Waals surface area contributed by atoms with E-state index in [0.29, 0.717) is 29.2 Å². The maximum Gasteiger partial charge on any atom is 0.307 e. The fourth-order valence-corrected chi connectivity index (χ4v) is 2.69. The lowest BCUT2D eigenvalue weighted by atomic mass is 10.1. The van der Waals surface area contributed by atoms with Gasteiger partial charge >= 0.3 is 5.97 Å². The summed E-state index contributed by atoms with van der Waals surface area (Å²) >= 11 is 0. The molecule has 2 aromatic carbocycles. The number of carbonyl (C=O) groups excluding carboxylic acids is 1. The molecule has 0 aliphatic carbocycles. The number of anilines is 1. The van der Waals surface area contributed by atoms with Crippen molar-refractivity contribution in [2.45, 2.75) is 20.3 Å². The van der Waals surface area contributed by atoms with Crippen molar-refractivity contribution in [3.63, 3.8) is 0 Å². The number of benzene rings is 2. The summed E-state index contributed by atoms with van der Waals surface area (Å²) in [6, 6.07) is 13.8. The van der Waals surface area contributed by atoms with Gasteiger partial charge in [-0.05, 0) is 49.0 Å². The topological polar surface area (TPSA) is 78.9 Å². The number of aliphatic carboxylic acids is 1. The first-order valence-electron chi connectivity index (χ1n) is 9.09. The van der Waals surface area contributed by atoms with Gasteiger partial charge in [0, 0.05) is 17.8 Å². The number of hydrogen-bond donors (Lipinski definition) is 2. The Balaban J connectivity index is 1.95. The molecule has 2 N–H and O–H groups in total. The maximum absolute atomic E-state index is 12.4. The van der Waals surface area contributed by atoms with Crippen molar-refractivity contribution in [2.24, 2.45) is 0 Å². The number of nitrogens with zero attached hydrogens (tertiary/aromatic N) is 1. The molecule has 0 saturated carbocycles. The van der Waals surface area contributed by atoms with Gasteiger partial charge in [-0.3, -0.25) is 9.59 Å². The number of amides is 1. The van der Waals surface area contributed by atoms with Gasteiger partial charge in [0.25, 0.3) is 5.91 Å². The molecule has 0 unspecified atom stereocenters. The van der Waals surface area contributed by atoms with Crippen LogP contribution in [0.5, 0.6) is 5.75 Å². The van der Waals surface area contributed by atoms with Gasteiger partial charge in [-0.1, -0.05) is 32.0 Å². The number of likely N-dealkylation sites (N-methyl/N-ethyl adjacent to an activating group) is 1. The Bertz CT molecular complexity index is 755. The van der Waals surface area contributed by atoms with Crippen molar-refractivity contribution in [3.05, 3.63) is 59.7 Å². The second-order valence-corrected chi connectivity index (χ2v) is 6.08. The van der Waals surface area contributed by atoms with Crippen LogP contribution in [0.3, 0.4) is 0 Å². The van der Waals surface area contributed by atoms with E-state index in [1.165, 1.54) is 0 Å². The van der Waals surface area contributed by atoms with Crippen LogP contribution in [-0.4, -0.2) is 48.1 Å². The second kappa shape index (κ2) is 10.3. The molecule has 0 heterocycles. The van der Waals surface area contributed by atoms with Gasteiger partial charge in [-0.25, -0.2) is 0 Å². The van der Waals surface area contributed by atoms with Crippen molar-refractivity contribution in [1.29, 1.82) is 0 Å². The molecule has 6 heteroatoms. The summed E-state index contributed by atoms with van der Waals surface area (Å²) in [5.74, 6) is -0.518. The first-order chi connectivity index (χ1) is 13.0. The van der Waals surface area contributed by atoms with E-state index < -0.39 is 5.97 Å². The smallest absolute Gasteiger partial charge is 0.307 e. The molecule has 0 saturated heterocycles. The molecule has 27 heavy (non-hydrogen) atoms. The number of hydrogen-bond acceptors (Lipinski definition) is 4. The Kier molecular flexibility index (Phi) is 7.82. The van der Waals surface area contributed by atoms with E-state index in [2.05, 4.69) is 24.1 Å². The van der Waals surface area contributed by atoms with Crippen molar-refractivity contribution < 1.29 is 19.4 Å². The van der Waals surface area contributed by atoms with Crippen molar-refractivity contribution in [2.75, 3.05) is 31.6 Å². The highest BCUT2D eigenvalue weighted by atomic mass is 16.5. The summed E-state index contributed by atoms with van der Waals surface area (Å²) in [6.07, 6.45) is -0.143. The van der Waals surface area contributed by atoms with Gasteiger partial charge in [-0.15, -0.1) is 0 Å². The molecule has 0 radical (unpaired) electrons. The van der Waals surface area contributed by atoms with Crippen LogP contribution >= 0.6 is 0 Å². The molecule has 2 aromatic rings. The van der Waals surface area contributed by atoms with Gasteiger partial charge in [0.15, 0.2) is 0 Å². The molecule has 0 aromatic heterocycles. The molecule has 0 bridgehead atoms.